The van der Waals surface area contributed by atoms with E-state index in [0.717, 1.165) is 51.4 Å². The maximum atomic E-state index is 12.8. The summed E-state index contributed by atoms with van der Waals surface area (Å²) >= 11 is 0. The van der Waals surface area contributed by atoms with Crippen LogP contribution in [-0.2, 0) is 33.3 Å². The molecule has 0 fully saturated rings. The van der Waals surface area contributed by atoms with Crippen LogP contribution in [0.5, 0.6) is 0 Å². The average Bonchev–Trinajstić information content (AvgIpc) is 3.36. The van der Waals surface area contributed by atoms with Crippen molar-refractivity contribution in [1.82, 2.24) is 0 Å². The number of ether oxygens (including phenoxy) is 4. The van der Waals surface area contributed by atoms with E-state index in [9.17, 15) is 19.5 Å². The zero-order valence-electron chi connectivity index (χ0n) is 49.3. The minimum atomic E-state index is -1.62. The van der Waals surface area contributed by atoms with Gasteiger partial charge >= 0.3 is 11.9 Å². The SMILES string of the molecule is CCCCC/C=C\CCCCCCCC(=O)OC(COC(=O)CCCCCCCCCCCCCCCCCCCCCCCCCCCCCCCCCCCCCC)COC(OCC[N+](C)(C)C)C(=O)[O-]. The Hall–Kier alpha value is -1.97. The van der Waals surface area contributed by atoms with Crippen LogP contribution in [-0.4, -0.2) is 82.3 Å². The van der Waals surface area contributed by atoms with Crippen molar-refractivity contribution in [3.63, 3.8) is 0 Å². The molecule has 0 aliphatic heterocycles. The predicted molar refractivity (Wildman–Crippen MR) is 307 cm³/mol. The summed E-state index contributed by atoms with van der Waals surface area (Å²) in [6.45, 7) is 4.76. The highest BCUT2D eigenvalue weighted by Gasteiger charge is 2.22. The van der Waals surface area contributed by atoms with E-state index in [-0.39, 0.29) is 32.2 Å². The zero-order chi connectivity index (χ0) is 53.4. The van der Waals surface area contributed by atoms with Gasteiger partial charge in [0.05, 0.1) is 40.3 Å². The Balaban J connectivity index is 3.89. The van der Waals surface area contributed by atoms with Crippen molar-refractivity contribution < 1.29 is 42.9 Å². The van der Waals surface area contributed by atoms with Gasteiger partial charge in [-0.05, 0) is 38.5 Å². The third-order valence-electron chi connectivity index (χ3n) is 14.5. The maximum absolute atomic E-state index is 12.8. The monoisotopic (exact) mass is 1030 g/mol. The van der Waals surface area contributed by atoms with E-state index in [1.807, 2.05) is 21.1 Å². The van der Waals surface area contributed by atoms with Crippen LogP contribution in [0.3, 0.4) is 0 Å². The first-order valence-corrected chi connectivity index (χ1v) is 31.8. The predicted octanol–water partition coefficient (Wildman–Crippen LogP) is 17.6. The second kappa shape index (κ2) is 56.2. The summed E-state index contributed by atoms with van der Waals surface area (Å²) in [7, 11) is 5.92. The molecule has 0 saturated carbocycles. The van der Waals surface area contributed by atoms with E-state index in [1.54, 1.807) is 0 Å². The Kier molecular flexibility index (Phi) is 54.7. The van der Waals surface area contributed by atoms with Crippen LogP contribution in [0.2, 0.25) is 0 Å². The molecule has 9 nitrogen and oxygen atoms in total. The first-order valence-electron chi connectivity index (χ1n) is 31.8. The number of carbonyl (C=O) groups excluding carboxylic acids is 3. The number of rotatable bonds is 60. The van der Waals surface area contributed by atoms with Crippen molar-refractivity contribution in [2.75, 3.05) is 47.5 Å². The van der Waals surface area contributed by atoms with E-state index in [1.165, 1.54) is 238 Å². The molecule has 2 atom stereocenters. The number of carboxylic acid groups (broad SMARTS) is 1. The number of hydrogen-bond donors (Lipinski definition) is 0. The molecule has 73 heavy (non-hydrogen) atoms. The Morgan fingerprint density at radius 3 is 1.04 bits per heavy atom. The van der Waals surface area contributed by atoms with Crippen LogP contribution in [0.1, 0.15) is 322 Å². The number of hydrogen-bond acceptors (Lipinski definition) is 8. The molecule has 0 N–H and O–H groups in total. The molecule has 0 spiro atoms. The molecule has 0 saturated heterocycles. The largest absolute Gasteiger partial charge is 0.545 e. The lowest BCUT2D eigenvalue weighted by molar-refractivity contribution is -0.870. The van der Waals surface area contributed by atoms with E-state index >= 15 is 0 Å². The number of carbonyl (C=O) groups is 3. The molecule has 0 aromatic rings. The first-order chi connectivity index (χ1) is 35.6. The molecule has 9 heteroatoms. The van der Waals surface area contributed by atoms with Gasteiger partial charge in [-0.25, -0.2) is 0 Å². The Morgan fingerprint density at radius 1 is 0.397 bits per heavy atom. The van der Waals surface area contributed by atoms with Gasteiger partial charge < -0.3 is 33.3 Å². The number of allylic oxidation sites excluding steroid dienone is 2. The number of likely N-dealkylation sites (N-methyl/N-ethyl adjacent to an activating group) is 1. The lowest BCUT2D eigenvalue weighted by atomic mass is 10.0. The van der Waals surface area contributed by atoms with Gasteiger partial charge in [0.2, 0.25) is 0 Å². The van der Waals surface area contributed by atoms with Gasteiger partial charge in [-0.15, -0.1) is 0 Å². The number of quaternary nitrogens is 1. The van der Waals surface area contributed by atoms with Crippen molar-refractivity contribution in [3.8, 4) is 0 Å². The summed E-state index contributed by atoms with van der Waals surface area (Å²) in [4.78, 5) is 37.2. The standard InChI is InChI=1S/C64H123NO8/c1-6-8-10-12-14-16-18-20-21-22-23-24-25-26-27-28-29-30-31-32-33-34-35-36-37-38-39-40-41-42-43-45-46-48-50-52-54-61(66)71-58-60(59-72-64(63(68)69)70-57-56-65(3,4)5)73-62(67)55-53-51-49-47-44-19-17-15-13-11-9-7-2/h15,17,60,64H,6-14,16,18-59H2,1-5H3/b17-15-. The average molecular weight is 1030 g/mol. The summed E-state index contributed by atoms with van der Waals surface area (Å²) < 4.78 is 22.7. The van der Waals surface area contributed by atoms with Gasteiger partial charge in [-0.2, -0.15) is 0 Å². The van der Waals surface area contributed by atoms with E-state index in [4.69, 9.17) is 18.9 Å². The van der Waals surface area contributed by atoms with Crippen LogP contribution in [0.4, 0.5) is 0 Å². The summed E-state index contributed by atoms with van der Waals surface area (Å²) in [6.07, 6.45) is 63.2. The van der Waals surface area contributed by atoms with Crippen LogP contribution >= 0.6 is 0 Å². The summed E-state index contributed by atoms with van der Waals surface area (Å²) in [5.41, 5.74) is 0. The molecule has 0 amide bonds. The first kappa shape index (κ1) is 71.0. The fraction of sp³-hybridized carbons (Fsp3) is 0.922. The normalized spacial score (nSPS) is 12.7. The smallest absolute Gasteiger partial charge is 0.306 e. The fourth-order valence-electron chi connectivity index (χ4n) is 9.59. The number of esters is 2. The quantitative estimate of drug-likeness (QED) is 0.0195. The minimum absolute atomic E-state index is 0.149. The van der Waals surface area contributed by atoms with Crippen LogP contribution in [0.15, 0.2) is 12.2 Å². The van der Waals surface area contributed by atoms with Gasteiger partial charge in [-0.1, -0.05) is 283 Å². The molecular formula is C64H123NO8. The fourth-order valence-corrected chi connectivity index (χ4v) is 9.59. The molecule has 0 aliphatic rings. The Bertz CT molecular complexity index is 1200. The van der Waals surface area contributed by atoms with Crippen molar-refractivity contribution in [2.24, 2.45) is 0 Å². The van der Waals surface area contributed by atoms with Gasteiger partial charge in [0.15, 0.2) is 12.4 Å². The molecule has 0 aromatic heterocycles. The summed E-state index contributed by atoms with van der Waals surface area (Å²) in [5.74, 6) is -2.27. The second-order valence-corrected chi connectivity index (χ2v) is 23.1. The molecule has 432 valence electrons. The molecule has 0 heterocycles. The highest BCUT2D eigenvalue weighted by molar-refractivity contribution is 5.70. The van der Waals surface area contributed by atoms with Gasteiger partial charge in [0.1, 0.15) is 13.2 Å². The van der Waals surface area contributed by atoms with Crippen LogP contribution in [0.25, 0.3) is 0 Å². The van der Waals surface area contributed by atoms with Crippen molar-refractivity contribution in [2.45, 2.75) is 334 Å². The van der Waals surface area contributed by atoms with Gasteiger partial charge in [0.25, 0.3) is 0 Å². The Morgan fingerprint density at radius 2 is 0.699 bits per heavy atom. The molecule has 0 rings (SSSR count). The van der Waals surface area contributed by atoms with Crippen molar-refractivity contribution in [1.29, 1.82) is 0 Å². The number of aliphatic carboxylic acids is 1. The lowest BCUT2D eigenvalue weighted by Gasteiger charge is -2.26. The number of nitrogens with zero attached hydrogens (tertiary/aromatic N) is 1. The minimum Gasteiger partial charge on any atom is -0.545 e. The zero-order valence-corrected chi connectivity index (χ0v) is 49.3. The highest BCUT2D eigenvalue weighted by atomic mass is 16.7. The van der Waals surface area contributed by atoms with Gasteiger partial charge in [-0.3, -0.25) is 9.59 Å². The van der Waals surface area contributed by atoms with Crippen LogP contribution in [0, 0.1) is 0 Å². The van der Waals surface area contributed by atoms with Gasteiger partial charge in [0, 0.05) is 12.8 Å². The third-order valence-corrected chi connectivity index (χ3v) is 14.5. The maximum Gasteiger partial charge on any atom is 0.306 e. The van der Waals surface area contributed by atoms with E-state index in [2.05, 4.69) is 26.0 Å². The van der Waals surface area contributed by atoms with Crippen molar-refractivity contribution >= 4 is 17.9 Å². The summed E-state index contributed by atoms with van der Waals surface area (Å²) in [6, 6.07) is 0. The van der Waals surface area contributed by atoms with Crippen LogP contribution < -0.4 is 5.11 Å². The Labute approximate surface area is 453 Å². The number of unbranched alkanes of at least 4 members (excludes halogenated alkanes) is 43. The molecule has 0 aliphatic carbocycles. The van der Waals surface area contributed by atoms with E-state index in [0.29, 0.717) is 23.9 Å². The third kappa shape index (κ3) is 57.6. The van der Waals surface area contributed by atoms with Crippen molar-refractivity contribution in [3.05, 3.63) is 12.2 Å². The molecule has 0 aromatic carbocycles. The highest BCUT2D eigenvalue weighted by Crippen LogP contribution is 2.18. The molecule has 0 radical (unpaired) electrons. The molecule has 0 bridgehead atoms. The second-order valence-electron chi connectivity index (χ2n) is 23.1. The topological polar surface area (TPSA) is 111 Å². The molecule has 2 unspecified atom stereocenters. The summed E-state index contributed by atoms with van der Waals surface area (Å²) in [5, 5.41) is 11.7. The number of carboxylic acids is 1. The lowest BCUT2D eigenvalue weighted by Crippen LogP contribution is -2.44. The van der Waals surface area contributed by atoms with E-state index < -0.39 is 24.3 Å². The molecular weight excluding hydrogens is 911 g/mol.